The highest BCUT2D eigenvalue weighted by molar-refractivity contribution is 7.89. The fraction of sp³-hybridized carbons (Fsp3) is 0.300. The molecular weight excluding hydrogens is 396 g/mol. The van der Waals surface area contributed by atoms with E-state index in [1.165, 1.54) is 6.33 Å². The summed E-state index contributed by atoms with van der Waals surface area (Å²) in [7, 11) is -3.41. The van der Waals surface area contributed by atoms with Crippen molar-refractivity contribution in [2.75, 3.05) is 25.0 Å². The van der Waals surface area contributed by atoms with Gasteiger partial charge < -0.3 is 5.32 Å². The normalized spacial score (nSPS) is 16.3. The molecular formula is C20H21ClN4O2S. The summed E-state index contributed by atoms with van der Waals surface area (Å²) >= 11 is 6.03. The van der Waals surface area contributed by atoms with Crippen molar-refractivity contribution >= 4 is 38.3 Å². The number of piperidine rings is 1. The predicted octanol–water partition coefficient (Wildman–Crippen LogP) is 3.80. The van der Waals surface area contributed by atoms with Crippen molar-refractivity contribution in [3.8, 4) is 0 Å². The van der Waals surface area contributed by atoms with Gasteiger partial charge in [-0.05, 0) is 49.1 Å². The molecule has 1 aliphatic rings. The van der Waals surface area contributed by atoms with Crippen LogP contribution < -0.4 is 5.32 Å². The molecule has 4 rings (SSSR count). The van der Waals surface area contributed by atoms with Crippen LogP contribution in [-0.2, 0) is 10.0 Å². The summed E-state index contributed by atoms with van der Waals surface area (Å²) in [6.45, 7) is 1.81. The minimum atomic E-state index is -3.41. The highest BCUT2D eigenvalue weighted by Gasteiger charge is 2.29. The van der Waals surface area contributed by atoms with Gasteiger partial charge in [-0.15, -0.1) is 0 Å². The quantitative estimate of drug-likeness (QED) is 0.684. The Balaban J connectivity index is 1.38. The number of sulfonamides is 1. The van der Waals surface area contributed by atoms with Crippen molar-refractivity contribution < 1.29 is 8.42 Å². The minimum absolute atomic E-state index is 0.359. The van der Waals surface area contributed by atoms with E-state index in [9.17, 15) is 8.42 Å². The molecule has 28 heavy (non-hydrogen) atoms. The molecule has 0 saturated carbocycles. The molecule has 0 aliphatic carbocycles. The summed E-state index contributed by atoms with van der Waals surface area (Å²) in [5, 5.41) is 4.97. The molecule has 0 unspecified atom stereocenters. The fourth-order valence-electron chi connectivity index (χ4n) is 3.51. The van der Waals surface area contributed by atoms with Crippen LogP contribution in [-0.4, -0.2) is 42.3 Å². The Kier molecular flexibility index (Phi) is 5.48. The third-order valence-electron chi connectivity index (χ3n) is 5.11. The highest BCUT2D eigenvalue weighted by atomic mass is 35.5. The molecule has 2 heterocycles. The van der Waals surface area contributed by atoms with Crippen molar-refractivity contribution in [1.82, 2.24) is 14.3 Å². The van der Waals surface area contributed by atoms with Crippen LogP contribution in [0.25, 0.3) is 10.9 Å². The second-order valence-corrected chi connectivity index (χ2v) is 9.30. The number of rotatable bonds is 5. The number of nitrogens with one attached hydrogen (secondary N) is 1. The number of aromatic nitrogens is 2. The van der Waals surface area contributed by atoms with Gasteiger partial charge in [0.1, 0.15) is 12.1 Å². The zero-order valence-corrected chi connectivity index (χ0v) is 16.8. The SMILES string of the molecule is O=S(=O)(c1ccccc1)N1CCC(CNc2ncnc3cc(Cl)ccc23)CC1. The van der Waals surface area contributed by atoms with E-state index >= 15 is 0 Å². The Bertz CT molecular complexity index is 1070. The van der Waals surface area contributed by atoms with Crippen molar-refractivity contribution in [3.05, 3.63) is 59.9 Å². The number of nitrogens with zero attached hydrogens (tertiary/aromatic N) is 3. The van der Waals surface area contributed by atoms with Crippen LogP contribution in [0.4, 0.5) is 5.82 Å². The van der Waals surface area contributed by atoms with Gasteiger partial charge in [0.15, 0.2) is 0 Å². The molecule has 1 fully saturated rings. The second-order valence-electron chi connectivity index (χ2n) is 6.93. The van der Waals surface area contributed by atoms with Gasteiger partial charge >= 0.3 is 0 Å². The Morgan fingerprint density at radius 3 is 2.57 bits per heavy atom. The number of fused-ring (bicyclic) bond motifs is 1. The van der Waals surface area contributed by atoms with Crippen LogP contribution in [0.3, 0.4) is 0 Å². The summed E-state index contributed by atoms with van der Waals surface area (Å²) in [4.78, 5) is 8.96. The molecule has 8 heteroatoms. The maximum Gasteiger partial charge on any atom is 0.243 e. The van der Waals surface area contributed by atoms with Crippen molar-refractivity contribution in [2.24, 2.45) is 5.92 Å². The largest absolute Gasteiger partial charge is 0.369 e. The Morgan fingerprint density at radius 2 is 1.82 bits per heavy atom. The van der Waals surface area contributed by atoms with Crippen LogP contribution in [0.15, 0.2) is 59.8 Å². The van der Waals surface area contributed by atoms with Gasteiger partial charge in [-0.2, -0.15) is 4.31 Å². The van der Waals surface area contributed by atoms with Crippen LogP contribution in [0, 0.1) is 5.92 Å². The lowest BCUT2D eigenvalue weighted by atomic mass is 9.98. The zero-order valence-electron chi connectivity index (χ0n) is 15.3. The Labute approximate surface area is 169 Å². The van der Waals surface area contributed by atoms with E-state index in [1.54, 1.807) is 28.6 Å². The van der Waals surface area contributed by atoms with E-state index in [0.29, 0.717) is 28.9 Å². The lowest BCUT2D eigenvalue weighted by Crippen LogP contribution is -2.39. The average molecular weight is 417 g/mol. The van der Waals surface area contributed by atoms with Gasteiger partial charge in [-0.1, -0.05) is 29.8 Å². The first-order valence-electron chi connectivity index (χ1n) is 9.23. The Morgan fingerprint density at radius 1 is 1.07 bits per heavy atom. The van der Waals surface area contributed by atoms with Gasteiger partial charge in [-0.25, -0.2) is 18.4 Å². The molecule has 0 radical (unpaired) electrons. The third kappa shape index (κ3) is 3.97. The van der Waals surface area contributed by atoms with Crippen molar-refractivity contribution in [1.29, 1.82) is 0 Å². The van der Waals surface area contributed by atoms with E-state index in [2.05, 4.69) is 15.3 Å². The zero-order chi connectivity index (χ0) is 19.6. The van der Waals surface area contributed by atoms with E-state index < -0.39 is 10.0 Å². The molecule has 2 aromatic carbocycles. The first-order chi connectivity index (χ1) is 13.5. The number of halogens is 1. The van der Waals surface area contributed by atoms with E-state index in [0.717, 1.165) is 36.1 Å². The molecule has 1 aromatic heterocycles. The fourth-order valence-corrected chi connectivity index (χ4v) is 5.16. The van der Waals surface area contributed by atoms with Gasteiger partial charge in [0, 0.05) is 30.0 Å². The minimum Gasteiger partial charge on any atom is -0.369 e. The Hall–Kier alpha value is -2.22. The highest BCUT2D eigenvalue weighted by Crippen LogP contribution is 2.26. The molecule has 0 atom stereocenters. The van der Waals surface area contributed by atoms with E-state index in [4.69, 9.17) is 11.6 Å². The molecule has 1 N–H and O–H groups in total. The first kappa shape index (κ1) is 19.1. The third-order valence-corrected chi connectivity index (χ3v) is 7.26. The summed E-state index contributed by atoms with van der Waals surface area (Å²) in [6, 6.07) is 14.2. The van der Waals surface area contributed by atoms with E-state index in [-0.39, 0.29) is 0 Å². The standard InChI is InChI=1S/C20H21ClN4O2S/c21-16-6-7-18-19(12-16)23-14-24-20(18)22-13-15-8-10-25(11-9-15)28(26,27)17-4-2-1-3-5-17/h1-7,12,14-15H,8-11,13H2,(H,22,23,24). The predicted molar refractivity (Wildman–Crippen MR) is 111 cm³/mol. The molecule has 6 nitrogen and oxygen atoms in total. The van der Waals surface area contributed by atoms with Gasteiger partial charge in [-0.3, -0.25) is 0 Å². The summed E-state index contributed by atoms with van der Waals surface area (Å²) in [5.74, 6) is 1.17. The van der Waals surface area contributed by atoms with Gasteiger partial charge in [0.25, 0.3) is 0 Å². The van der Waals surface area contributed by atoms with Crippen LogP contribution in [0.2, 0.25) is 5.02 Å². The topological polar surface area (TPSA) is 75.2 Å². The summed E-state index contributed by atoms with van der Waals surface area (Å²) < 4.78 is 27.0. The summed E-state index contributed by atoms with van der Waals surface area (Å²) in [6.07, 6.45) is 3.15. The molecule has 0 bridgehead atoms. The number of anilines is 1. The van der Waals surface area contributed by atoms with Crippen molar-refractivity contribution in [3.63, 3.8) is 0 Å². The van der Waals surface area contributed by atoms with Gasteiger partial charge in [0.2, 0.25) is 10.0 Å². The van der Waals surface area contributed by atoms with Crippen LogP contribution >= 0.6 is 11.6 Å². The van der Waals surface area contributed by atoms with Crippen LogP contribution in [0.5, 0.6) is 0 Å². The maximum absolute atomic E-state index is 12.7. The molecule has 3 aromatic rings. The lowest BCUT2D eigenvalue weighted by Gasteiger charge is -2.31. The number of hydrogen-bond acceptors (Lipinski definition) is 5. The summed E-state index contributed by atoms with van der Waals surface area (Å²) in [5.41, 5.74) is 0.800. The molecule has 146 valence electrons. The monoisotopic (exact) mass is 416 g/mol. The number of hydrogen-bond donors (Lipinski definition) is 1. The van der Waals surface area contributed by atoms with Crippen molar-refractivity contribution in [2.45, 2.75) is 17.7 Å². The molecule has 0 spiro atoms. The maximum atomic E-state index is 12.7. The molecule has 1 aliphatic heterocycles. The van der Waals surface area contributed by atoms with E-state index in [1.807, 2.05) is 24.3 Å². The molecule has 1 saturated heterocycles. The second kappa shape index (κ2) is 8.03. The first-order valence-corrected chi connectivity index (χ1v) is 11.1. The smallest absolute Gasteiger partial charge is 0.243 e. The lowest BCUT2D eigenvalue weighted by molar-refractivity contribution is 0.282. The molecule has 0 amide bonds. The average Bonchev–Trinajstić information content (AvgIpc) is 2.73. The number of benzene rings is 2. The van der Waals surface area contributed by atoms with Gasteiger partial charge in [0.05, 0.1) is 10.4 Å². The van der Waals surface area contributed by atoms with Crippen LogP contribution in [0.1, 0.15) is 12.8 Å².